The van der Waals surface area contributed by atoms with Crippen LogP contribution < -0.4 is 0 Å². The predicted octanol–water partition coefficient (Wildman–Crippen LogP) is 1.38. The van der Waals surface area contributed by atoms with Gasteiger partial charge in [0, 0.05) is 17.8 Å². The van der Waals surface area contributed by atoms with E-state index in [1.165, 1.54) is 0 Å². The Morgan fingerprint density at radius 2 is 2.00 bits per heavy atom. The van der Waals surface area contributed by atoms with E-state index in [9.17, 15) is 24.8 Å². The van der Waals surface area contributed by atoms with Gasteiger partial charge in [-0.15, -0.1) is 0 Å². The summed E-state index contributed by atoms with van der Waals surface area (Å²) in [5.41, 5.74) is -1.94. The van der Waals surface area contributed by atoms with E-state index in [0.29, 0.717) is 5.56 Å². The monoisotopic (exact) mass is 333 g/mol. The first-order valence-electron chi connectivity index (χ1n) is 7.80. The van der Waals surface area contributed by atoms with Gasteiger partial charge in [0.2, 0.25) is 6.04 Å². The average molecular weight is 333 g/mol. The number of fused-ring (bicyclic) bond motifs is 2. The maximum Gasteiger partial charge on any atom is 0.320 e. The normalized spacial score (nSPS) is 34.9. The second-order valence-electron chi connectivity index (χ2n) is 6.79. The summed E-state index contributed by atoms with van der Waals surface area (Å²) in [4.78, 5) is 36.4. The summed E-state index contributed by atoms with van der Waals surface area (Å²) in [6, 6.07) is 5.48. The number of hydrogen-bond acceptors (Lipinski definition) is 6. The molecule has 0 heterocycles. The Hall–Kier alpha value is -2.28. The van der Waals surface area contributed by atoms with Crippen molar-refractivity contribution in [3.63, 3.8) is 0 Å². The molecule has 0 amide bonds. The molecule has 2 bridgehead atoms. The first kappa shape index (κ1) is 16.6. The fourth-order valence-corrected chi connectivity index (χ4v) is 4.39. The van der Waals surface area contributed by atoms with Crippen molar-refractivity contribution in [2.45, 2.75) is 43.7 Å². The van der Waals surface area contributed by atoms with Gasteiger partial charge in [-0.3, -0.25) is 19.7 Å². The first-order chi connectivity index (χ1) is 11.3. The van der Waals surface area contributed by atoms with Crippen molar-refractivity contribution in [3.8, 4) is 0 Å². The largest absolute Gasteiger partial charge is 0.468 e. The van der Waals surface area contributed by atoms with Crippen LogP contribution in [0.25, 0.3) is 0 Å². The lowest BCUT2D eigenvalue weighted by Crippen LogP contribution is -2.47. The van der Waals surface area contributed by atoms with E-state index in [0.717, 1.165) is 12.7 Å². The van der Waals surface area contributed by atoms with Crippen LogP contribution in [0.3, 0.4) is 0 Å². The molecule has 0 aliphatic heterocycles. The van der Waals surface area contributed by atoms with Crippen molar-refractivity contribution >= 4 is 11.8 Å². The summed E-state index contributed by atoms with van der Waals surface area (Å²) >= 11 is 0. The molecular formula is C17H19NO6. The highest BCUT2D eigenvalue weighted by Crippen LogP contribution is 2.60. The zero-order valence-corrected chi connectivity index (χ0v) is 13.5. The van der Waals surface area contributed by atoms with Crippen LogP contribution in [-0.4, -0.2) is 40.5 Å². The zero-order chi connectivity index (χ0) is 17.7. The minimum atomic E-state index is -1.70. The second-order valence-corrected chi connectivity index (χ2v) is 6.79. The number of methoxy groups -OCH3 is 1. The molecule has 2 aliphatic rings. The first-order valence-corrected chi connectivity index (χ1v) is 7.80. The number of aryl methyl sites for hydroxylation is 1. The lowest BCUT2D eigenvalue weighted by atomic mass is 9.67. The Labute approximate surface area is 138 Å². The maximum absolute atomic E-state index is 12.7. The molecule has 0 aromatic heterocycles. The highest BCUT2D eigenvalue weighted by atomic mass is 16.6. The number of carbonyl (C=O) groups excluding carboxylic acids is 2. The summed E-state index contributed by atoms with van der Waals surface area (Å²) in [5, 5.41) is 22.6. The number of nitro groups is 1. The molecule has 0 radical (unpaired) electrons. The van der Waals surface area contributed by atoms with Crippen LogP contribution >= 0.6 is 0 Å². The average Bonchev–Trinajstić information content (AvgIpc) is 2.78. The van der Waals surface area contributed by atoms with Gasteiger partial charge in [-0.05, 0) is 18.9 Å². The van der Waals surface area contributed by atoms with Crippen molar-refractivity contribution in [1.82, 2.24) is 0 Å². The molecule has 2 fully saturated rings. The Bertz CT molecular complexity index is 704. The molecule has 3 rings (SSSR count). The molecule has 1 N–H and O–H groups in total. The number of Topliss-reactive ketones (excluding diaryl/α,β-unsaturated/α-hetero) is 1. The third-order valence-corrected chi connectivity index (χ3v) is 5.48. The Balaban J connectivity index is 2.25. The molecule has 24 heavy (non-hydrogen) atoms. The highest BCUT2D eigenvalue weighted by molar-refractivity contribution is 6.06. The summed E-state index contributed by atoms with van der Waals surface area (Å²) in [6.07, 6.45) is -0.355. The van der Waals surface area contributed by atoms with E-state index in [-0.39, 0.29) is 19.3 Å². The van der Waals surface area contributed by atoms with Gasteiger partial charge in [0.15, 0.2) is 5.78 Å². The van der Waals surface area contributed by atoms with E-state index < -0.39 is 39.7 Å². The molecule has 0 unspecified atom stereocenters. The van der Waals surface area contributed by atoms with Gasteiger partial charge in [0.05, 0.1) is 13.0 Å². The van der Waals surface area contributed by atoms with E-state index in [1.54, 1.807) is 24.3 Å². The molecule has 0 spiro atoms. The molecule has 2 aliphatic carbocycles. The highest BCUT2D eigenvalue weighted by Gasteiger charge is 2.75. The van der Waals surface area contributed by atoms with E-state index >= 15 is 0 Å². The van der Waals surface area contributed by atoms with Crippen LogP contribution in [-0.2, 0) is 14.3 Å². The number of benzene rings is 1. The number of hydrogen-bond donors (Lipinski definition) is 1. The third-order valence-electron chi connectivity index (χ3n) is 5.48. The number of carbonyl (C=O) groups is 2. The van der Waals surface area contributed by atoms with Crippen LogP contribution in [0.5, 0.6) is 0 Å². The van der Waals surface area contributed by atoms with Gasteiger partial charge in [-0.2, -0.15) is 0 Å². The van der Waals surface area contributed by atoms with Gasteiger partial charge in [-0.25, -0.2) is 0 Å². The SMILES string of the molecule is COC(=O)[C@@]12C[C@@](O)(CCC1=O)[C@H]([N+](=O)[O-])[C@@H]2c1ccc(C)cc1. The van der Waals surface area contributed by atoms with Crippen LogP contribution in [0.1, 0.15) is 36.3 Å². The Morgan fingerprint density at radius 1 is 1.38 bits per heavy atom. The maximum atomic E-state index is 12.7. The van der Waals surface area contributed by atoms with Crippen LogP contribution in [0.15, 0.2) is 24.3 Å². The molecule has 1 aromatic carbocycles. The molecule has 1 aromatic rings. The smallest absolute Gasteiger partial charge is 0.320 e. The van der Waals surface area contributed by atoms with Gasteiger partial charge in [-0.1, -0.05) is 29.8 Å². The van der Waals surface area contributed by atoms with Gasteiger partial charge in [0.25, 0.3) is 0 Å². The van der Waals surface area contributed by atoms with E-state index in [1.807, 2.05) is 6.92 Å². The van der Waals surface area contributed by atoms with Crippen molar-refractivity contribution in [2.75, 3.05) is 7.11 Å². The number of ketones is 1. The minimum Gasteiger partial charge on any atom is -0.468 e. The summed E-state index contributed by atoms with van der Waals surface area (Å²) in [7, 11) is 1.16. The summed E-state index contributed by atoms with van der Waals surface area (Å²) in [5.74, 6) is -2.24. The number of esters is 1. The van der Waals surface area contributed by atoms with Crippen molar-refractivity contribution in [1.29, 1.82) is 0 Å². The van der Waals surface area contributed by atoms with E-state index in [4.69, 9.17) is 4.74 Å². The zero-order valence-electron chi connectivity index (χ0n) is 13.5. The lowest BCUT2D eigenvalue weighted by Gasteiger charge is -2.33. The molecule has 7 heteroatoms. The Morgan fingerprint density at radius 3 is 2.54 bits per heavy atom. The Kier molecular flexibility index (Phi) is 3.71. The topological polar surface area (TPSA) is 107 Å². The molecule has 7 nitrogen and oxygen atoms in total. The fourth-order valence-electron chi connectivity index (χ4n) is 4.39. The van der Waals surface area contributed by atoms with Crippen molar-refractivity contribution in [3.05, 3.63) is 45.5 Å². The van der Waals surface area contributed by atoms with Gasteiger partial charge >= 0.3 is 5.97 Å². The number of ether oxygens (including phenoxy) is 1. The number of rotatable bonds is 3. The van der Waals surface area contributed by atoms with Crippen LogP contribution in [0.2, 0.25) is 0 Å². The number of aliphatic hydroxyl groups is 1. The molecule has 2 saturated carbocycles. The van der Waals surface area contributed by atoms with Crippen molar-refractivity contribution < 1.29 is 24.4 Å². The second kappa shape index (κ2) is 5.37. The standard InChI is InChI=1S/C17H19NO6/c1-10-3-5-11(6-4-10)13-14(18(22)23)16(21)8-7-12(19)17(13,9-16)15(20)24-2/h3-6,13-14,21H,7-9H2,1-2H3/t13-,14+,16-,17-/m0/s1. The van der Waals surface area contributed by atoms with Gasteiger partial charge < -0.3 is 9.84 Å². The van der Waals surface area contributed by atoms with Crippen molar-refractivity contribution in [2.24, 2.45) is 5.41 Å². The molecule has 128 valence electrons. The van der Waals surface area contributed by atoms with Crippen LogP contribution in [0.4, 0.5) is 0 Å². The number of nitrogens with zero attached hydrogens (tertiary/aromatic N) is 1. The molecular weight excluding hydrogens is 314 g/mol. The lowest BCUT2D eigenvalue weighted by molar-refractivity contribution is -0.544. The summed E-state index contributed by atoms with van der Waals surface area (Å²) < 4.78 is 4.84. The summed E-state index contributed by atoms with van der Waals surface area (Å²) in [6.45, 7) is 1.87. The minimum absolute atomic E-state index is 0.0153. The molecule has 4 atom stereocenters. The predicted molar refractivity (Wildman–Crippen MR) is 83.0 cm³/mol. The van der Waals surface area contributed by atoms with E-state index in [2.05, 4.69) is 0 Å². The quantitative estimate of drug-likeness (QED) is 0.388. The van der Waals surface area contributed by atoms with Crippen LogP contribution in [0, 0.1) is 22.5 Å². The molecule has 0 saturated heterocycles. The third kappa shape index (κ3) is 2.07. The van der Waals surface area contributed by atoms with Gasteiger partial charge in [0.1, 0.15) is 11.0 Å². The fraction of sp³-hybridized carbons (Fsp3) is 0.529.